The molecule has 0 aliphatic rings. The number of carbonyl (C=O) groups excluding carboxylic acids is 1. The highest BCUT2D eigenvalue weighted by Gasteiger charge is 2.11. The molecular weight excluding hydrogens is 316 g/mol. The number of nitrogens with one attached hydrogen (secondary N) is 1. The third-order valence-electron chi connectivity index (χ3n) is 3.09. The Balaban J connectivity index is 1.64. The molecule has 0 unspecified atom stereocenters. The Morgan fingerprint density at radius 1 is 1.32 bits per heavy atom. The van der Waals surface area contributed by atoms with Crippen molar-refractivity contribution in [1.29, 1.82) is 0 Å². The van der Waals surface area contributed by atoms with Crippen molar-refractivity contribution in [2.45, 2.75) is 6.54 Å². The molecule has 4 nitrogen and oxygen atoms in total. The highest BCUT2D eigenvalue weighted by molar-refractivity contribution is 7.14. The van der Waals surface area contributed by atoms with Crippen molar-refractivity contribution in [2.24, 2.45) is 0 Å². The molecular formula is C16H14N2O2S2. The van der Waals surface area contributed by atoms with Gasteiger partial charge in [-0.25, -0.2) is 4.98 Å². The Kier molecular flexibility index (Phi) is 4.50. The molecule has 0 radical (unpaired) electrons. The number of thiophene rings is 1. The van der Waals surface area contributed by atoms with E-state index in [0.717, 1.165) is 21.9 Å². The number of amides is 1. The number of carbonyl (C=O) groups is 1. The molecule has 0 spiro atoms. The van der Waals surface area contributed by atoms with E-state index in [2.05, 4.69) is 10.3 Å². The Hall–Kier alpha value is -2.18. The van der Waals surface area contributed by atoms with E-state index >= 15 is 0 Å². The summed E-state index contributed by atoms with van der Waals surface area (Å²) in [6.45, 7) is 0.446. The van der Waals surface area contributed by atoms with Gasteiger partial charge in [0.25, 0.3) is 5.91 Å². The van der Waals surface area contributed by atoms with Crippen molar-refractivity contribution in [1.82, 2.24) is 10.3 Å². The van der Waals surface area contributed by atoms with Crippen molar-refractivity contribution in [2.75, 3.05) is 7.11 Å². The second-order valence-corrected chi connectivity index (χ2v) is 6.22. The maximum Gasteiger partial charge on any atom is 0.271 e. The Bertz CT molecular complexity index is 766. The summed E-state index contributed by atoms with van der Waals surface area (Å²) >= 11 is 3.10. The van der Waals surface area contributed by atoms with E-state index in [1.165, 1.54) is 11.3 Å². The van der Waals surface area contributed by atoms with Gasteiger partial charge < -0.3 is 10.1 Å². The lowest BCUT2D eigenvalue weighted by Gasteiger charge is -2.05. The van der Waals surface area contributed by atoms with Crippen molar-refractivity contribution in [3.05, 3.63) is 57.7 Å². The van der Waals surface area contributed by atoms with Crippen molar-refractivity contribution in [3.63, 3.8) is 0 Å². The van der Waals surface area contributed by atoms with E-state index < -0.39 is 0 Å². The molecule has 2 heterocycles. The van der Waals surface area contributed by atoms with Gasteiger partial charge >= 0.3 is 0 Å². The minimum absolute atomic E-state index is 0.166. The number of nitrogens with zero attached hydrogens (tertiary/aromatic N) is 1. The van der Waals surface area contributed by atoms with Crippen LogP contribution in [-0.4, -0.2) is 18.0 Å². The van der Waals surface area contributed by atoms with Crippen LogP contribution in [0.15, 0.2) is 46.5 Å². The van der Waals surface area contributed by atoms with Gasteiger partial charge in [0, 0.05) is 22.9 Å². The molecule has 0 atom stereocenters. The highest BCUT2D eigenvalue weighted by Crippen LogP contribution is 2.25. The SMILES string of the molecule is COc1cccc(CNC(=O)c2csc(-c3ccsc3)n2)c1. The molecule has 2 aromatic heterocycles. The molecule has 0 aliphatic heterocycles. The summed E-state index contributed by atoms with van der Waals surface area (Å²) < 4.78 is 5.17. The van der Waals surface area contributed by atoms with Gasteiger partial charge in [0.1, 0.15) is 16.5 Å². The minimum Gasteiger partial charge on any atom is -0.497 e. The van der Waals surface area contributed by atoms with Gasteiger partial charge in [-0.15, -0.1) is 11.3 Å². The van der Waals surface area contributed by atoms with Crippen LogP contribution in [-0.2, 0) is 6.54 Å². The Morgan fingerprint density at radius 2 is 2.23 bits per heavy atom. The summed E-state index contributed by atoms with van der Waals surface area (Å²) in [5, 5.41) is 9.56. The van der Waals surface area contributed by atoms with E-state index in [1.54, 1.807) is 23.8 Å². The first kappa shape index (κ1) is 14.7. The molecule has 3 rings (SSSR count). The van der Waals surface area contributed by atoms with Gasteiger partial charge in [-0.05, 0) is 29.1 Å². The lowest BCUT2D eigenvalue weighted by molar-refractivity contribution is 0.0946. The fraction of sp³-hybridized carbons (Fsp3) is 0.125. The molecule has 0 saturated carbocycles. The van der Waals surface area contributed by atoms with Crippen LogP contribution in [0.4, 0.5) is 0 Å². The summed E-state index contributed by atoms with van der Waals surface area (Å²) in [6, 6.07) is 9.62. The van der Waals surface area contributed by atoms with E-state index in [9.17, 15) is 4.79 Å². The number of hydrogen-bond acceptors (Lipinski definition) is 5. The molecule has 1 amide bonds. The zero-order valence-corrected chi connectivity index (χ0v) is 13.5. The number of benzene rings is 1. The second-order valence-electron chi connectivity index (χ2n) is 4.58. The van der Waals surface area contributed by atoms with E-state index in [4.69, 9.17) is 4.74 Å². The van der Waals surface area contributed by atoms with Crippen LogP contribution in [0.25, 0.3) is 10.6 Å². The van der Waals surface area contributed by atoms with Gasteiger partial charge in [-0.3, -0.25) is 4.79 Å². The van der Waals surface area contributed by atoms with E-state index in [0.29, 0.717) is 12.2 Å². The summed E-state index contributed by atoms with van der Waals surface area (Å²) in [6.07, 6.45) is 0. The topological polar surface area (TPSA) is 51.2 Å². The van der Waals surface area contributed by atoms with Crippen LogP contribution >= 0.6 is 22.7 Å². The molecule has 3 aromatic rings. The molecule has 112 valence electrons. The lowest BCUT2D eigenvalue weighted by atomic mass is 10.2. The van der Waals surface area contributed by atoms with Crippen LogP contribution in [0.3, 0.4) is 0 Å². The van der Waals surface area contributed by atoms with Crippen LogP contribution in [0, 0.1) is 0 Å². The van der Waals surface area contributed by atoms with Gasteiger partial charge in [0.05, 0.1) is 7.11 Å². The van der Waals surface area contributed by atoms with Crippen LogP contribution in [0.5, 0.6) is 5.75 Å². The fourth-order valence-electron chi connectivity index (χ4n) is 1.95. The first-order valence-electron chi connectivity index (χ1n) is 6.65. The number of ether oxygens (including phenoxy) is 1. The zero-order valence-electron chi connectivity index (χ0n) is 11.9. The normalized spacial score (nSPS) is 10.4. The number of rotatable bonds is 5. The summed E-state index contributed by atoms with van der Waals surface area (Å²) in [5.41, 5.74) is 2.50. The fourth-order valence-corrected chi connectivity index (χ4v) is 3.46. The smallest absolute Gasteiger partial charge is 0.271 e. The maximum atomic E-state index is 12.2. The standard InChI is InChI=1S/C16H14N2O2S2/c1-20-13-4-2-3-11(7-13)8-17-15(19)14-10-22-16(18-14)12-5-6-21-9-12/h2-7,9-10H,8H2,1H3,(H,17,19). The molecule has 0 fully saturated rings. The van der Waals surface area contributed by atoms with Crippen LogP contribution < -0.4 is 10.1 Å². The molecule has 0 aliphatic carbocycles. The van der Waals surface area contributed by atoms with Crippen molar-refractivity contribution in [3.8, 4) is 16.3 Å². The highest BCUT2D eigenvalue weighted by atomic mass is 32.1. The van der Waals surface area contributed by atoms with Gasteiger partial charge in [-0.2, -0.15) is 11.3 Å². The quantitative estimate of drug-likeness (QED) is 0.774. The summed E-state index contributed by atoms with van der Waals surface area (Å²) in [4.78, 5) is 16.5. The predicted molar refractivity (Wildman–Crippen MR) is 89.6 cm³/mol. The van der Waals surface area contributed by atoms with Crippen LogP contribution in [0.1, 0.15) is 16.1 Å². The average molecular weight is 330 g/mol. The first-order chi connectivity index (χ1) is 10.8. The monoisotopic (exact) mass is 330 g/mol. The first-order valence-corrected chi connectivity index (χ1v) is 8.48. The molecule has 22 heavy (non-hydrogen) atoms. The van der Waals surface area contributed by atoms with E-state index in [1.807, 2.05) is 41.1 Å². The number of hydrogen-bond donors (Lipinski definition) is 1. The third kappa shape index (κ3) is 3.35. The average Bonchev–Trinajstić information content (AvgIpc) is 3.23. The molecule has 0 bridgehead atoms. The maximum absolute atomic E-state index is 12.2. The van der Waals surface area contributed by atoms with Gasteiger partial charge in [-0.1, -0.05) is 12.1 Å². The predicted octanol–water partition coefficient (Wildman–Crippen LogP) is 3.81. The van der Waals surface area contributed by atoms with Crippen molar-refractivity contribution < 1.29 is 9.53 Å². The Labute approximate surface area is 136 Å². The number of aromatic nitrogens is 1. The lowest BCUT2D eigenvalue weighted by Crippen LogP contribution is -2.23. The van der Waals surface area contributed by atoms with Crippen LogP contribution in [0.2, 0.25) is 0 Å². The second kappa shape index (κ2) is 6.72. The van der Waals surface area contributed by atoms with Crippen molar-refractivity contribution >= 4 is 28.6 Å². The summed E-state index contributed by atoms with van der Waals surface area (Å²) in [7, 11) is 1.62. The molecule has 1 aromatic carbocycles. The largest absolute Gasteiger partial charge is 0.497 e. The van der Waals surface area contributed by atoms with E-state index in [-0.39, 0.29) is 5.91 Å². The Morgan fingerprint density at radius 3 is 3.00 bits per heavy atom. The number of thiazole rings is 1. The minimum atomic E-state index is -0.166. The molecule has 6 heteroatoms. The zero-order chi connectivity index (χ0) is 15.4. The summed E-state index contributed by atoms with van der Waals surface area (Å²) in [5.74, 6) is 0.612. The number of methoxy groups -OCH3 is 1. The van der Waals surface area contributed by atoms with Gasteiger partial charge in [0.15, 0.2) is 0 Å². The third-order valence-corrected chi connectivity index (χ3v) is 4.67. The molecule has 1 N–H and O–H groups in total. The molecule has 0 saturated heterocycles. The van der Waals surface area contributed by atoms with Gasteiger partial charge in [0.2, 0.25) is 0 Å².